The molecule has 13 heavy (non-hydrogen) atoms. The van der Waals surface area contributed by atoms with Crippen LogP contribution in [0.15, 0.2) is 6.20 Å². The zero-order valence-corrected chi connectivity index (χ0v) is 9.96. The second kappa shape index (κ2) is 4.14. The highest BCUT2D eigenvalue weighted by Gasteiger charge is 2.17. The summed E-state index contributed by atoms with van der Waals surface area (Å²) in [5, 5.41) is 5.03. The van der Waals surface area contributed by atoms with Crippen LogP contribution >= 0.6 is 34.2 Å². The SMILES string of the molecule is Clc1cn(CC2CCOC2)nc1I. The van der Waals surface area contributed by atoms with Gasteiger partial charge in [-0.1, -0.05) is 11.6 Å². The first-order chi connectivity index (χ1) is 6.25. The predicted molar refractivity (Wildman–Crippen MR) is 58.9 cm³/mol. The van der Waals surface area contributed by atoms with E-state index >= 15 is 0 Å². The van der Waals surface area contributed by atoms with Gasteiger partial charge in [-0.2, -0.15) is 5.10 Å². The Morgan fingerprint density at radius 1 is 1.77 bits per heavy atom. The molecule has 2 heterocycles. The Labute approximate surface area is 95.5 Å². The molecule has 0 spiro atoms. The molecule has 1 aliphatic rings. The Morgan fingerprint density at radius 3 is 3.15 bits per heavy atom. The third kappa shape index (κ3) is 2.35. The lowest BCUT2D eigenvalue weighted by Gasteiger charge is -2.06. The van der Waals surface area contributed by atoms with Crippen LogP contribution in [0.2, 0.25) is 5.02 Å². The van der Waals surface area contributed by atoms with Crippen molar-refractivity contribution in [1.29, 1.82) is 0 Å². The van der Waals surface area contributed by atoms with E-state index in [2.05, 4.69) is 27.7 Å². The molecular weight excluding hydrogens is 302 g/mol. The summed E-state index contributed by atoms with van der Waals surface area (Å²) in [6.07, 6.45) is 3.01. The van der Waals surface area contributed by atoms with Crippen molar-refractivity contribution in [3.8, 4) is 0 Å². The molecule has 0 N–H and O–H groups in total. The fourth-order valence-electron chi connectivity index (χ4n) is 1.46. The third-order valence-electron chi connectivity index (χ3n) is 2.14. The van der Waals surface area contributed by atoms with Gasteiger partial charge in [-0.15, -0.1) is 0 Å². The largest absolute Gasteiger partial charge is 0.381 e. The quantitative estimate of drug-likeness (QED) is 0.783. The predicted octanol–water partition coefficient (Wildman–Crippen LogP) is 2.18. The lowest BCUT2D eigenvalue weighted by Crippen LogP contribution is -2.10. The van der Waals surface area contributed by atoms with Gasteiger partial charge in [0.15, 0.2) is 0 Å². The van der Waals surface area contributed by atoms with Crippen LogP contribution in [0, 0.1) is 9.62 Å². The Hall–Kier alpha value is 0.190. The molecule has 3 nitrogen and oxygen atoms in total. The van der Waals surface area contributed by atoms with Gasteiger partial charge in [0.25, 0.3) is 0 Å². The van der Waals surface area contributed by atoms with Crippen LogP contribution < -0.4 is 0 Å². The second-order valence-electron chi connectivity index (χ2n) is 3.22. The molecule has 1 unspecified atom stereocenters. The maximum Gasteiger partial charge on any atom is 0.141 e. The maximum absolute atomic E-state index is 5.89. The average Bonchev–Trinajstić information content (AvgIpc) is 2.64. The highest BCUT2D eigenvalue weighted by Crippen LogP contribution is 2.19. The fraction of sp³-hybridized carbons (Fsp3) is 0.625. The van der Waals surface area contributed by atoms with E-state index in [1.807, 2.05) is 10.9 Å². The molecule has 1 aromatic heterocycles. The Morgan fingerprint density at radius 2 is 2.62 bits per heavy atom. The molecule has 72 valence electrons. The second-order valence-corrected chi connectivity index (χ2v) is 4.65. The minimum absolute atomic E-state index is 0.603. The highest BCUT2D eigenvalue weighted by atomic mass is 127. The normalized spacial score (nSPS) is 22.5. The first-order valence-corrected chi connectivity index (χ1v) is 5.67. The van der Waals surface area contributed by atoms with Crippen molar-refractivity contribution >= 4 is 34.2 Å². The molecule has 1 atom stereocenters. The van der Waals surface area contributed by atoms with Crippen LogP contribution in [0.3, 0.4) is 0 Å². The van der Waals surface area contributed by atoms with Crippen molar-refractivity contribution < 1.29 is 4.74 Å². The molecular formula is C8H10ClIN2O. The molecule has 0 amide bonds. The van der Waals surface area contributed by atoms with Gasteiger partial charge in [-0.25, -0.2) is 0 Å². The number of rotatable bonds is 2. The molecule has 1 aliphatic heterocycles. The lowest BCUT2D eigenvalue weighted by atomic mass is 10.1. The van der Waals surface area contributed by atoms with Crippen LogP contribution in [0.1, 0.15) is 6.42 Å². The number of halogens is 2. The van der Waals surface area contributed by atoms with Gasteiger partial charge in [-0.3, -0.25) is 4.68 Å². The van der Waals surface area contributed by atoms with Crippen molar-refractivity contribution in [2.75, 3.05) is 13.2 Å². The fourth-order valence-corrected chi connectivity index (χ4v) is 2.03. The van der Waals surface area contributed by atoms with Crippen molar-refractivity contribution in [2.45, 2.75) is 13.0 Å². The summed E-state index contributed by atoms with van der Waals surface area (Å²) >= 11 is 8.03. The summed E-state index contributed by atoms with van der Waals surface area (Å²) in [5.41, 5.74) is 0. The van der Waals surface area contributed by atoms with Crippen molar-refractivity contribution in [1.82, 2.24) is 9.78 Å². The molecule has 1 aromatic rings. The first-order valence-electron chi connectivity index (χ1n) is 4.22. The maximum atomic E-state index is 5.89. The molecule has 0 saturated carbocycles. The highest BCUT2D eigenvalue weighted by molar-refractivity contribution is 14.1. The number of aromatic nitrogens is 2. The first kappa shape index (κ1) is 9.73. The molecule has 1 fully saturated rings. The number of hydrogen-bond acceptors (Lipinski definition) is 2. The van der Waals surface area contributed by atoms with Crippen molar-refractivity contribution in [3.05, 3.63) is 14.9 Å². The lowest BCUT2D eigenvalue weighted by molar-refractivity contribution is 0.181. The molecule has 0 aromatic carbocycles. The summed E-state index contributed by atoms with van der Waals surface area (Å²) in [5.74, 6) is 0.603. The van der Waals surface area contributed by atoms with Crippen molar-refractivity contribution in [2.24, 2.45) is 5.92 Å². The standard InChI is InChI=1S/C8H10ClIN2O/c9-7-4-12(11-8(7)10)3-6-1-2-13-5-6/h4,6H,1-3,5H2. The number of hydrogen-bond donors (Lipinski definition) is 0. The number of ether oxygens (including phenoxy) is 1. The van der Waals surface area contributed by atoms with Crippen LogP contribution in [0.5, 0.6) is 0 Å². The Balaban J connectivity index is 2.00. The molecule has 0 radical (unpaired) electrons. The van der Waals surface area contributed by atoms with E-state index in [0.717, 1.165) is 34.9 Å². The summed E-state index contributed by atoms with van der Waals surface area (Å²) in [6, 6.07) is 0. The monoisotopic (exact) mass is 312 g/mol. The van der Waals surface area contributed by atoms with Gasteiger partial charge >= 0.3 is 0 Å². The van der Waals surface area contributed by atoms with Crippen LogP contribution in [-0.4, -0.2) is 23.0 Å². The minimum atomic E-state index is 0.603. The van der Waals surface area contributed by atoms with E-state index in [4.69, 9.17) is 16.3 Å². The molecule has 0 aliphatic carbocycles. The van der Waals surface area contributed by atoms with E-state index in [0.29, 0.717) is 5.92 Å². The summed E-state index contributed by atoms with van der Waals surface area (Å²) in [6.45, 7) is 2.66. The van der Waals surface area contributed by atoms with E-state index in [1.54, 1.807) is 0 Å². The summed E-state index contributed by atoms with van der Waals surface area (Å²) in [7, 11) is 0. The molecule has 5 heteroatoms. The van der Waals surface area contributed by atoms with E-state index < -0.39 is 0 Å². The van der Waals surface area contributed by atoms with E-state index in [-0.39, 0.29) is 0 Å². The third-order valence-corrected chi connectivity index (χ3v) is 3.54. The van der Waals surface area contributed by atoms with Gasteiger partial charge in [0.1, 0.15) is 3.70 Å². The van der Waals surface area contributed by atoms with E-state index in [1.165, 1.54) is 0 Å². The number of nitrogens with zero attached hydrogens (tertiary/aromatic N) is 2. The smallest absolute Gasteiger partial charge is 0.141 e. The topological polar surface area (TPSA) is 27.1 Å². The summed E-state index contributed by atoms with van der Waals surface area (Å²) in [4.78, 5) is 0. The molecule has 2 rings (SSSR count). The van der Waals surface area contributed by atoms with Crippen LogP contribution in [0.25, 0.3) is 0 Å². The molecule has 0 bridgehead atoms. The molecule has 1 saturated heterocycles. The minimum Gasteiger partial charge on any atom is -0.381 e. The zero-order valence-electron chi connectivity index (χ0n) is 7.04. The Kier molecular flexibility index (Phi) is 3.10. The van der Waals surface area contributed by atoms with E-state index in [9.17, 15) is 0 Å². The van der Waals surface area contributed by atoms with Gasteiger partial charge < -0.3 is 4.74 Å². The van der Waals surface area contributed by atoms with Gasteiger partial charge in [0, 0.05) is 25.3 Å². The zero-order chi connectivity index (χ0) is 9.26. The van der Waals surface area contributed by atoms with Gasteiger partial charge in [0.2, 0.25) is 0 Å². The average molecular weight is 313 g/mol. The van der Waals surface area contributed by atoms with Gasteiger partial charge in [-0.05, 0) is 29.0 Å². The van der Waals surface area contributed by atoms with Crippen LogP contribution in [0.4, 0.5) is 0 Å². The van der Waals surface area contributed by atoms with Gasteiger partial charge in [0.05, 0.1) is 11.6 Å². The summed E-state index contributed by atoms with van der Waals surface area (Å²) < 4.78 is 8.07. The Bertz CT molecular complexity index is 277. The van der Waals surface area contributed by atoms with Crippen molar-refractivity contribution in [3.63, 3.8) is 0 Å². The van der Waals surface area contributed by atoms with Crippen LogP contribution in [-0.2, 0) is 11.3 Å².